The molecule has 1 aromatic carbocycles. The highest BCUT2D eigenvalue weighted by Gasteiger charge is 2.05. The van der Waals surface area contributed by atoms with E-state index in [2.05, 4.69) is 19.2 Å². The first-order valence-corrected chi connectivity index (χ1v) is 6.33. The summed E-state index contributed by atoms with van der Waals surface area (Å²) in [5.74, 6) is 0. The Morgan fingerprint density at radius 2 is 2.12 bits per heavy atom. The molecule has 1 atom stereocenters. The molecular formula is C13H21ClN2. The zero-order valence-corrected chi connectivity index (χ0v) is 10.8. The van der Waals surface area contributed by atoms with Crippen LogP contribution >= 0.6 is 11.6 Å². The van der Waals surface area contributed by atoms with Gasteiger partial charge < -0.3 is 11.1 Å². The van der Waals surface area contributed by atoms with Crippen molar-refractivity contribution in [3.63, 3.8) is 0 Å². The molecule has 16 heavy (non-hydrogen) atoms. The molecule has 1 rings (SSSR count). The van der Waals surface area contributed by atoms with Crippen LogP contribution in [0.5, 0.6) is 0 Å². The molecule has 0 radical (unpaired) electrons. The summed E-state index contributed by atoms with van der Waals surface area (Å²) in [7, 11) is 0. The standard InChI is InChI=1S/C13H21ClN2/c1-3-4-5-6-10(2)16-13-8-7-11(15)9-12(13)14/h7-10,16H,3-6,15H2,1-2H3. The van der Waals surface area contributed by atoms with Gasteiger partial charge in [0.2, 0.25) is 0 Å². The van der Waals surface area contributed by atoms with Gasteiger partial charge in [0.25, 0.3) is 0 Å². The lowest BCUT2D eigenvalue weighted by molar-refractivity contribution is 0.615. The minimum absolute atomic E-state index is 0.452. The van der Waals surface area contributed by atoms with Crippen LogP contribution in [0.25, 0.3) is 0 Å². The Morgan fingerprint density at radius 3 is 2.75 bits per heavy atom. The monoisotopic (exact) mass is 240 g/mol. The molecule has 0 aliphatic carbocycles. The number of nitrogens with two attached hydrogens (primary N) is 1. The molecule has 0 fully saturated rings. The molecule has 0 amide bonds. The Balaban J connectivity index is 2.46. The molecule has 0 saturated heterocycles. The van der Waals surface area contributed by atoms with E-state index in [1.807, 2.05) is 12.1 Å². The van der Waals surface area contributed by atoms with Crippen molar-refractivity contribution in [2.75, 3.05) is 11.1 Å². The normalized spacial score (nSPS) is 12.4. The fourth-order valence-electron chi connectivity index (χ4n) is 1.69. The molecule has 0 aliphatic heterocycles. The largest absolute Gasteiger partial charge is 0.399 e. The molecule has 0 heterocycles. The third-order valence-corrected chi connectivity index (χ3v) is 2.95. The minimum Gasteiger partial charge on any atom is -0.399 e. The lowest BCUT2D eigenvalue weighted by Crippen LogP contribution is -2.15. The molecule has 0 aromatic heterocycles. The maximum Gasteiger partial charge on any atom is 0.0658 e. The van der Waals surface area contributed by atoms with E-state index in [1.165, 1.54) is 25.7 Å². The summed E-state index contributed by atoms with van der Waals surface area (Å²) in [6.45, 7) is 4.40. The van der Waals surface area contributed by atoms with E-state index in [4.69, 9.17) is 17.3 Å². The highest BCUT2D eigenvalue weighted by atomic mass is 35.5. The van der Waals surface area contributed by atoms with Gasteiger partial charge in [0.05, 0.1) is 10.7 Å². The van der Waals surface area contributed by atoms with Gasteiger partial charge in [-0.25, -0.2) is 0 Å². The van der Waals surface area contributed by atoms with E-state index < -0.39 is 0 Å². The van der Waals surface area contributed by atoms with E-state index in [-0.39, 0.29) is 0 Å². The molecule has 0 aliphatic rings. The first-order valence-electron chi connectivity index (χ1n) is 5.95. The maximum absolute atomic E-state index is 6.09. The topological polar surface area (TPSA) is 38.0 Å². The summed E-state index contributed by atoms with van der Waals surface area (Å²) in [5.41, 5.74) is 7.32. The van der Waals surface area contributed by atoms with Crippen molar-refractivity contribution in [2.45, 2.75) is 45.6 Å². The number of halogens is 1. The van der Waals surface area contributed by atoms with Gasteiger partial charge in [-0.3, -0.25) is 0 Å². The van der Waals surface area contributed by atoms with Gasteiger partial charge in [-0.05, 0) is 31.5 Å². The average molecular weight is 241 g/mol. The third kappa shape index (κ3) is 4.31. The highest BCUT2D eigenvalue weighted by Crippen LogP contribution is 2.25. The molecule has 3 heteroatoms. The number of hydrogen-bond donors (Lipinski definition) is 2. The number of benzene rings is 1. The van der Waals surface area contributed by atoms with Crippen molar-refractivity contribution >= 4 is 23.0 Å². The van der Waals surface area contributed by atoms with E-state index in [1.54, 1.807) is 6.07 Å². The summed E-state index contributed by atoms with van der Waals surface area (Å²) in [6.07, 6.45) is 4.99. The van der Waals surface area contributed by atoms with Gasteiger partial charge in [-0.1, -0.05) is 37.8 Å². The van der Waals surface area contributed by atoms with Crippen molar-refractivity contribution in [3.8, 4) is 0 Å². The van der Waals surface area contributed by atoms with Crippen LogP contribution in [0.15, 0.2) is 18.2 Å². The van der Waals surface area contributed by atoms with E-state index >= 15 is 0 Å². The zero-order chi connectivity index (χ0) is 12.0. The maximum atomic E-state index is 6.09. The van der Waals surface area contributed by atoms with Gasteiger partial charge in [0.15, 0.2) is 0 Å². The van der Waals surface area contributed by atoms with Crippen molar-refractivity contribution in [3.05, 3.63) is 23.2 Å². The first-order chi connectivity index (χ1) is 7.63. The molecule has 1 unspecified atom stereocenters. The van der Waals surface area contributed by atoms with E-state index in [0.717, 1.165) is 5.69 Å². The minimum atomic E-state index is 0.452. The number of nitrogens with one attached hydrogen (secondary N) is 1. The summed E-state index contributed by atoms with van der Waals surface area (Å²) >= 11 is 6.09. The first kappa shape index (κ1) is 13.2. The number of anilines is 2. The summed E-state index contributed by atoms with van der Waals surface area (Å²) in [6, 6.07) is 6.04. The molecule has 0 saturated carbocycles. The smallest absolute Gasteiger partial charge is 0.0658 e. The van der Waals surface area contributed by atoms with Crippen LogP contribution < -0.4 is 11.1 Å². The highest BCUT2D eigenvalue weighted by molar-refractivity contribution is 6.33. The second-order valence-electron chi connectivity index (χ2n) is 4.28. The van der Waals surface area contributed by atoms with Crippen LogP contribution in [-0.2, 0) is 0 Å². The predicted molar refractivity (Wildman–Crippen MR) is 73.1 cm³/mol. The van der Waals surface area contributed by atoms with E-state index in [0.29, 0.717) is 16.8 Å². The Kier molecular flexibility index (Phi) is 5.47. The van der Waals surface area contributed by atoms with Crippen molar-refractivity contribution in [2.24, 2.45) is 0 Å². The molecular weight excluding hydrogens is 220 g/mol. The van der Waals surface area contributed by atoms with Crippen LogP contribution in [-0.4, -0.2) is 6.04 Å². The number of hydrogen-bond acceptors (Lipinski definition) is 2. The van der Waals surface area contributed by atoms with Gasteiger partial charge in [-0.15, -0.1) is 0 Å². The van der Waals surface area contributed by atoms with Gasteiger partial charge in [-0.2, -0.15) is 0 Å². The molecule has 1 aromatic rings. The van der Waals surface area contributed by atoms with E-state index in [9.17, 15) is 0 Å². The SMILES string of the molecule is CCCCCC(C)Nc1ccc(N)cc1Cl. The average Bonchev–Trinajstić information content (AvgIpc) is 2.23. The van der Waals surface area contributed by atoms with Crippen molar-refractivity contribution in [1.82, 2.24) is 0 Å². The Hall–Kier alpha value is -0.890. The Morgan fingerprint density at radius 1 is 1.38 bits per heavy atom. The lowest BCUT2D eigenvalue weighted by atomic mass is 10.1. The fraction of sp³-hybridized carbons (Fsp3) is 0.538. The second kappa shape index (κ2) is 6.64. The molecule has 0 bridgehead atoms. The van der Waals surface area contributed by atoms with Gasteiger partial charge >= 0.3 is 0 Å². The summed E-state index contributed by atoms with van der Waals surface area (Å²) < 4.78 is 0. The zero-order valence-electron chi connectivity index (χ0n) is 10.1. The summed E-state index contributed by atoms with van der Waals surface area (Å²) in [4.78, 5) is 0. The Bertz CT molecular complexity index is 326. The Labute approximate surface area is 103 Å². The van der Waals surface area contributed by atoms with Gasteiger partial charge in [0.1, 0.15) is 0 Å². The quantitative estimate of drug-likeness (QED) is 0.575. The molecule has 2 nitrogen and oxygen atoms in total. The number of rotatable bonds is 6. The van der Waals surface area contributed by atoms with Crippen LogP contribution in [0.3, 0.4) is 0 Å². The molecule has 0 spiro atoms. The molecule has 3 N–H and O–H groups in total. The second-order valence-corrected chi connectivity index (χ2v) is 4.69. The molecule has 90 valence electrons. The third-order valence-electron chi connectivity index (χ3n) is 2.64. The van der Waals surface area contributed by atoms with Gasteiger partial charge in [0, 0.05) is 11.7 Å². The van der Waals surface area contributed by atoms with Crippen molar-refractivity contribution < 1.29 is 0 Å². The number of nitrogen functional groups attached to an aromatic ring is 1. The van der Waals surface area contributed by atoms with Crippen LogP contribution in [0.4, 0.5) is 11.4 Å². The lowest BCUT2D eigenvalue weighted by Gasteiger charge is -2.16. The van der Waals surface area contributed by atoms with Crippen molar-refractivity contribution in [1.29, 1.82) is 0 Å². The fourth-order valence-corrected chi connectivity index (χ4v) is 1.93. The number of unbranched alkanes of at least 4 members (excludes halogenated alkanes) is 2. The predicted octanol–water partition coefficient (Wildman–Crippen LogP) is 4.30. The van der Waals surface area contributed by atoms with Crippen LogP contribution in [0, 0.1) is 0 Å². The van der Waals surface area contributed by atoms with Crippen LogP contribution in [0.1, 0.15) is 39.5 Å². The summed E-state index contributed by atoms with van der Waals surface area (Å²) in [5, 5.41) is 4.11. The van der Waals surface area contributed by atoms with Crippen LogP contribution in [0.2, 0.25) is 5.02 Å².